The van der Waals surface area contributed by atoms with E-state index >= 15 is 0 Å². The summed E-state index contributed by atoms with van der Waals surface area (Å²) in [4.78, 5) is 4.72. The number of aromatic nitrogens is 2. The number of anilines is 1. The van der Waals surface area contributed by atoms with Gasteiger partial charge in [-0.25, -0.2) is 4.52 Å². The molecule has 1 fully saturated rings. The van der Waals surface area contributed by atoms with Crippen molar-refractivity contribution in [3.8, 4) is 0 Å². The lowest BCUT2D eigenvalue weighted by atomic mass is 10.2. The van der Waals surface area contributed by atoms with E-state index in [-0.39, 0.29) is 0 Å². The van der Waals surface area contributed by atoms with Crippen LogP contribution < -0.4 is 4.90 Å². The molecule has 4 heteroatoms. The van der Waals surface area contributed by atoms with E-state index in [0.29, 0.717) is 6.04 Å². The molecule has 2 aromatic rings. The molecule has 1 atom stereocenters. The molecule has 2 aromatic heterocycles. The van der Waals surface area contributed by atoms with Gasteiger partial charge in [0.2, 0.25) is 0 Å². The van der Waals surface area contributed by atoms with Crippen molar-refractivity contribution in [1.29, 1.82) is 0 Å². The highest BCUT2D eigenvalue weighted by molar-refractivity contribution is 5.65. The van der Waals surface area contributed by atoms with Gasteiger partial charge in [-0.15, -0.1) is 5.10 Å². The quantitative estimate of drug-likeness (QED) is 0.804. The third-order valence-corrected chi connectivity index (χ3v) is 3.95. The van der Waals surface area contributed by atoms with Crippen molar-refractivity contribution < 1.29 is 0 Å². The fourth-order valence-corrected chi connectivity index (χ4v) is 2.77. The van der Waals surface area contributed by atoms with Crippen LogP contribution in [-0.2, 0) is 0 Å². The average molecular weight is 244 g/mol. The number of pyridine rings is 1. The SMILES string of the molecule is Cc1c(N2CCC(N(C)C)C2)nn2ccccc12. The predicted molar refractivity (Wildman–Crippen MR) is 74.2 cm³/mol. The van der Waals surface area contributed by atoms with Gasteiger partial charge in [-0.1, -0.05) is 6.07 Å². The first-order valence-electron chi connectivity index (χ1n) is 6.52. The zero-order valence-corrected chi connectivity index (χ0v) is 11.3. The van der Waals surface area contributed by atoms with E-state index in [1.807, 2.05) is 16.8 Å². The Kier molecular flexibility index (Phi) is 2.74. The summed E-state index contributed by atoms with van der Waals surface area (Å²) in [6.07, 6.45) is 3.24. The van der Waals surface area contributed by atoms with Crippen molar-refractivity contribution in [3.05, 3.63) is 30.0 Å². The lowest BCUT2D eigenvalue weighted by Gasteiger charge is -2.20. The minimum absolute atomic E-state index is 0.647. The summed E-state index contributed by atoms with van der Waals surface area (Å²) >= 11 is 0. The Labute approximate surface area is 108 Å². The minimum atomic E-state index is 0.647. The Hall–Kier alpha value is -1.55. The highest BCUT2D eigenvalue weighted by Crippen LogP contribution is 2.26. The van der Waals surface area contributed by atoms with Crippen LogP contribution in [0.5, 0.6) is 0 Å². The molecule has 0 spiro atoms. The molecule has 4 nitrogen and oxygen atoms in total. The molecular formula is C14H20N4. The fourth-order valence-electron chi connectivity index (χ4n) is 2.77. The maximum Gasteiger partial charge on any atom is 0.154 e. The topological polar surface area (TPSA) is 23.8 Å². The third-order valence-electron chi connectivity index (χ3n) is 3.95. The van der Waals surface area contributed by atoms with Crippen LogP contribution in [-0.4, -0.2) is 47.7 Å². The first kappa shape index (κ1) is 11.5. The van der Waals surface area contributed by atoms with E-state index < -0.39 is 0 Å². The van der Waals surface area contributed by atoms with E-state index in [1.165, 1.54) is 17.5 Å². The molecule has 1 aliphatic rings. The van der Waals surface area contributed by atoms with Crippen LogP contribution in [0.15, 0.2) is 24.4 Å². The summed E-state index contributed by atoms with van der Waals surface area (Å²) in [5.41, 5.74) is 2.50. The lowest BCUT2D eigenvalue weighted by Crippen LogP contribution is -2.31. The number of hydrogen-bond donors (Lipinski definition) is 0. The van der Waals surface area contributed by atoms with Gasteiger partial charge in [-0.2, -0.15) is 0 Å². The summed E-state index contributed by atoms with van der Waals surface area (Å²) in [5, 5.41) is 4.71. The van der Waals surface area contributed by atoms with Gasteiger partial charge in [0.05, 0.1) is 5.52 Å². The maximum absolute atomic E-state index is 4.71. The van der Waals surface area contributed by atoms with Crippen molar-refractivity contribution in [2.45, 2.75) is 19.4 Å². The maximum atomic E-state index is 4.71. The Morgan fingerprint density at radius 1 is 1.33 bits per heavy atom. The van der Waals surface area contributed by atoms with Crippen molar-refractivity contribution in [1.82, 2.24) is 14.5 Å². The summed E-state index contributed by atoms with van der Waals surface area (Å²) in [6, 6.07) is 6.87. The zero-order chi connectivity index (χ0) is 12.7. The molecule has 1 aliphatic heterocycles. The molecule has 0 aromatic carbocycles. The summed E-state index contributed by atoms with van der Waals surface area (Å²) in [6.45, 7) is 4.35. The molecule has 0 bridgehead atoms. The molecular weight excluding hydrogens is 224 g/mol. The smallest absolute Gasteiger partial charge is 0.154 e. The molecule has 1 saturated heterocycles. The number of rotatable bonds is 2. The van der Waals surface area contributed by atoms with Crippen LogP contribution in [0.3, 0.4) is 0 Å². The normalized spacial score (nSPS) is 20.2. The molecule has 3 rings (SSSR count). The van der Waals surface area contributed by atoms with Gasteiger partial charge < -0.3 is 9.80 Å². The minimum Gasteiger partial charge on any atom is -0.353 e. The van der Waals surface area contributed by atoms with Gasteiger partial charge in [-0.05, 0) is 39.6 Å². The van der Waals surface area contributed by atoms with Gasteiger partial charge in [0.15, 0.2) is 5.82 Å². The first-order chi connectivity index (χ1) is 8.66. The molecule has 0 saturated carbocycles. The number of fused-ring (bicyclic) bond motifs is 1. The van der Waals surface area contributed by atoms with Gasteiger partial charge in [0, 0.05) is 30.9 Å². The highest BCUT2D eigenvalue weighted by atomic mass is 15.3. The summed E-state index contributed by atoms with van der Waals surface area (Å²) < 4.78 is 1.98. The second-order valence-electron chi connectivity index (χ2n) is 5.33. The zero-order valence-electron chi connectivity index (χ0n) is 11.3. The molecule has 0 amide bonds. The Balaban J connectivity index is 1.93. The number of likely N-dealkylation sites (N-methyl/N-ethyl adjacent to an activating group) is 1. The van der Waals surface area contributed by atoms with Gasteiger partial charge in [0.25, 0.3) is 0 Å². The fraction of sp³-hybridized carbons (Fsp3) is 0.500. The van der Waals surface area contributed by atoms with Gasteiger partial charge >= 0.3 is 0 Å². The van der Waals surface area contributed by atoms with Crippen molar-refractivity contribution >= 4 is 11.3 Å². The van der Waals surface area contributed by atoms with Crippen molar-refractivity contribution in [2.75, 3.05) is 32.1 Å². The molecule has 0 radical (unpaired) electrons. The monoisotopic (exact) mass is 244 g/mol. The molecule has 0 aliphatic carbocycles. The summed E-state index contributed by atoms with van der Waals surface area (Å²) in [7, 11) is 4.31. The van der Waals surface area contributed by atoms with Crippen LogP contribution in [0.4, 0.5) is 5.82 Å². The van der Waals surface area contributed by atoms with Crippen LogP contribution in [0, 0.1) is 6.92 Å². The van der Waals surface area contributed by atoms with Gasteiger partial charge in [0.1, 0.15) is 0 Å². The second-order valence-corrected chi connectivity index (χ2v) is 5.33. The molecule has 18 heavy (non-hydrogen) atoms. The highest BCUT2D eigenvalue weighted by Gasteiger charge is 2.27. The molecule has 0 N–H and O–H groups in total. The Bertz CT molecular complexity index is 558. The summed E-state index contributed by atoms with van der Waals surface area (Å²) in [5.74, 6) is 1.14. The van der Waals surface area contributed by atoms with Crippen LogP contribution in [0.2, 0.25) is 0 Å². The number of aryl methyl sites for hydroxylation is 1. The largest absolute Gasteiger partial charge is 0.353 e. The van der Waals surface area contributed by atoms with Crippen LogP contribution in [0.25, 0.3) is 5.52 Å². The van der Waals surface area contributed by atoms with Crippen molar-refractivity contribution in [2.24, 2.45) is 0 Å². The van der Waals surface area contributed by atoms with Crippen LogP contribution >= 0.6 is 0 Å². The number of nitrogens with zero attached hydrogens (tertiary/aromatic N) is 4. The van der Waals surface area contributed by atoms with E-state index in [2.05, 4.69) is 43.0 Å². The Morgan fingerprint density at radius 2 is 2.17 bits per heavy atom. The van der Waals surface area contributed by atoms with E-state index in [9.17, 15) is 0 Å². The molecule has 3 heterocycles. The van der Waals surface area contributed by atoms with E-state index in [1.54, 1.807) is 0 Å². The average Bonchev–Trinajstić information content (AvgIpc) is 2.95. The lowest BCUT2D eigenvalue weighted by molar-refractivity contribution is 0.315. The molecule has 1 unspecified atom stereocenters. The van der Waals surface area contributed by atoms with Crippen LogP contribution in [0.1, 0.15) is 12.0 Å². The number of hydrogen-bond acceptors (Lipinski definition) is 3. The van der Waals surface area contributed by atoms with E-state index in [4.69, 9.17) is 5.10 Å². The van der Waals surface area contributed by atoms with Gasteiger partial charge in [-0.3, -0.25) is 0 Å². The Morgan fingerprint density at radius 3 is 2.83 bits per heavy atom. The van der Waals surface area contributed by atoms with E-state index in [0.717, 1.165) is 18.9 Å². The van der Waals surface area contributed by atoms with Crippen molar-refractivity contribution in [3.63, 3.8) is 0 Å². The standard InChI is InChI=1S/C14H20N4/c1-11-13-6-4-5-8-18(13)15-14(11)17-9-7-12(10-17)16(2)3/h4-6,8,12H,7,9-10H2,1-3H3. The third kappa shape index (κ3) is 1.77. The first-order valence-corrected chi connectivity index (χ1v) is 6.52. The molecule has 96 valence electrons. The second kappa shape index (κ2) is 4.28. The predicted octanol–water partition coefficient (Wildman–Crippen LogP) is 1.78.